The summed E-state index contributed by atoms with van der Waals surface area (Å²) in [5.74, 6) is 1.36. The van der Waals surface area contributed by atoms with E-state index in [0.717, 1.165) is 76.8 Å². The number of ether oxygens (including phenoxy) is 1. The van der Waals surface area contributed by atoms with Gasteiger partial charge in [-0.3, -0.25) is 9.80 Å². The fourth-order valence-electron chi connectivity index (χ4n) is 4.09. The van der Waals surface area contributed by atoms with Gasteiger partial charge in [-0.05, 0) is 56.9 Å². The van der Waals surface area contributed by atoms with Crippen molar-refractivity contribution < 1.29 is 22.4 Å². The maximum absolute atomic E-state index is 12.9. The summed E-state index contributed by atoms with van der Waals surface area (Å²) in [5.41, 5.74) is -0.410. The predicted octanol–water partition coefficient (Wildman–Crippen LogP) is 3.69. The summed E-state index contributed by atoms with van der Waals surface area (Å²) in [6, 6.07) is 5.00. The molecule has 2 saturated heterocycles. The second-order valence-electron chi connectivity index (χ2n) is 8.05. The SMILES string of the molecule is FC(F)(F)c1cccc(-c2noc(CN3CCC(CCN4CCOCC4)CC3)n2)c1. The molecular weight excluding hydrogens is 397 g/mol. The van der Waals surface area contributed by atoms with Gasteiger partial charge in [-0.15, -0.1) is 0 Å². The number of rotatable bonds is 6. The van der Waals surface area contributed by atoms with E-state index in [2.05, 4.69) is 19.9 Å². The van der Waals surface area contributed by atoms with Crippen LogP contribution in [0.4, 0.5) is 13.2 Å². The van der Waals surface area contributed by atoms with Crippen molar-refractivity contribution in [2.24, 2.45) is 5.92 Å². The van der Waals surface area contributed by atoms with Crippen molar-refractivity contribution in [1.29, 1.82) is 0 Å². The Morgan fingerprint density at radius 3 is 2.53 bits per heavy atom. The zero-order valence-electron chi connectivity index (χ0n) is 16.9. The highest BCUT2D eigenvalue weighted by atomic mass is 19.4. The molecule has 9 heteroatoms. The molecule has 2 fully saturated rings. The first kappa shape index (κ1) is 21.3. The van der Waals surface area contributed by atoms with Crippen LogP contribution in [0.3, 0.4) is 0 Å². The summed E-state index contributed by atoms with van der Waals surface area (Å²) in [6.45, 7) is 7.34. The third kappa shape index (κ3) is 5.59. The van der Waals surface area contributed by atoms with Gasteiger partial charge in [0.25, 0.3) is 0 Å². The molecule has 2 aromatic rings. The van der Waals surface area contributed by atoms with E-state index in [4.69, 9.17) is 9.26 Å². The van der Waals surface area contributed by atoms with E-state index in [1.165, 1.54) is 12.5 Å². The van der Waals surface area contributed by atoms with E-state index in [0.29, 0.717) is 18.0 Å². The molecule has 0 saturated carbocycles. The van der Waals surface area contributed by atoms with Gasteiger partial charge in [0, 0.05) is 18.7 Å². The third-order valence-electron chi connectivity index (χ3n) is 5.94. The van der Waals surface area contributed by atoms with Crippen LogP contribution in [0.25, 0.3) is 11.4 Å². The zero-order chi connectivity index (χ0) is 21.0. The first-order valence-electron chi connectivity index (χ1n) is 10.5. The number of morpholine rings is 1. The second kappa shape index (κ2) is 9.45. The van der Waals surface area contributed by atoms with Crippen LogP contribution in [0.1, 0.15) is 30.7 Å². The summed E-state index contributed by atoms with van der Waals surface area (Å²) >= 11 is 0. The Morgan fingerprint density at radius 2 is 1.80 bits per heavy atom. The molecule has 1 aromatic heterocycles. The number of hydrogen-bond donors (Lipinski definition) is 0. The fourth-order valence-corrected chi connectivity index (χ4v) is 4.09. The lowest BCUT2D eigenvalue weighted by molar-refractivity contribution is -0.137. The van der Waals surface area contributed by atoms with Crippen molar-refractivity contribution in [1.82, 2.24) is 19.9 Å². The summed E-state index contributed by atoms with van der Waals surface area (Å²) in [5, 5.41) is 3.88. The lowest BCUT2D eigenvalue weighted by Crippen LogP contribution is -2.39. The summed E-state index contributed by atoms with van der Waals surface area (Å²) in [4.78, 5) is 9.06. The molecule has 3 heterocycles. The Bertz CT molecular complexity index is 813. The van der Waals surface area contributed by atoms with Gasteiger partial charge < -0.3 is 9.26 Å². The van der Waals surface area contributed by atoms with Gasteiger partial charge in [0.05, 0.1) is 25.3 Å². The molecule has 164 valence electrons. The lowest BCUT2D eigenvalue weighted by atomic mass is 9.93. The maximum Gasteiger partial charge on any atom is 0.416 e. The zero-order valence-corrected chi connectivity index (χ0v) is 16.9. The average Bonchev–Trinajstić information content (AvgIpc) is 3.22. The molecule has 0 unspecified atom stereocenters. The molecule has 30 heavy (non-hydrogen) atoms. The van der Waals surface area contributed by atoms with E-state index in [9.17, 15) is 13.2 Å². The normalized spacial score (nSPS) is 20.0. The van der Waals surface area contributed by atoms with Crippen LogP contribution < -0.4 is 0 Å². The Hall–Kier alpha value is -1.97. The monoisotopic (exact) mass is 424 g/mol. The maximum atomic E-state index is 12.9. The number of piperidine rings is 1. The number of halogens is 3. The first-order valence-corrected chi connectivity index (χ1v) is 10.5. The van der Waals surface area contributed by atoms with Gasteiger partial charge in [-0.1, -0.05) is 17.3 Å². The highest BCUT2D eigenvalue weighted by Gasteiger charge is 2.31. The van der Waals surface area contributed by atoms with Crippen LogP contribution in [-0.2, 0) is 17.5 Å². The Labute approximate surface area is 174 Å². The van der Waals surface area contributed by atoms with Gasteiger partial charge in [-0.2, -0.15) is 18.2 Å². The number of hydrogen-bond acceptors (Lipinski definition) is 6. The Kier molecular flexibility index (Phi) is 6.70. The Balaban J connectivity index is 1.26. The standard InChI is InChI=1S/C21H27F3N4O2/c22-21(23,24)18-3-1-2-17(14-18)20-25-19(30-26-20)15-28-8-5-16(6-9-28)4-7-27-10-12-29-13-11-27/h1-3,14,16H,4-13,15H2. The summed E-state index contributed by atoms with van der Waals surface area (Å²) in [7, 11) is 0. The molecule has 0 radical (unpaired) electrons. The van der Waals surface area contributed by atoms with Crippen LogP contribution in [-0.4, -0.2) is 65.9 Å². The van der Waals surface area contributed by atoms with E-state index in [1.807, 2.05) is 0 Å². The summed E-state index contributed by atoms with van der Waals surface area (Å²) in [6.07, 6.45) is -0.902. The molecule has 0 aliphatic carbocycles. The topological polar surface area (TPSA) is 54.6 Å². The van der Waals surface area contributed by atoms with E-state index >= 15 is 0 Å². The number of aromatic nitrogens is 2. The minimum atomic E-state index is -4.39. The summed E-state index contributed by atoms with van der Waals surface area (Å²) < 4.78 is 49.4. The van der Waals surface area contributed by atoms with Crippen LogP contribution in [0.15, 0.2) is 28.8 Å². The van der Waals surface area contributed by atoms with E-state index < -0.39 is 11.7 Å². The highest BCUT2D eigenvalue weighted by Crippen LogP contribution is 2.31. The number of nitrogens with zero attached hydrogens (tertiary/aromatic N) is 4. The molecule has 6 nitrogen and oxygen atoms in total. The fraction of sp³-hybridized carbons (Fsp3) is 0.619. The quantitative estimate of drug-likeness (QED) is 0.705. The van der Waals surface area contributed by atoms with Crippen molar-refractivity contribution in [2.75, 3.05) is 45.9 Å². The largest absolute Gasteiger partial charge is 0.416 e. The molecule has 0 bridgehead atoms. The lowest BCUT2D eigenvalue weighted by Gasteiger charge is -2.33. The predicted molar refractivity (Wildman–Crippen MR) is 105 cm³/mol. The van der Waals surface area contributed by atoms with Crippen molar-refractivity contribution >= 4 is 0 Å². The van der Waals surface area contributed by atoms with Crippen molar-refractivity contribution in [3.63, 3.8) is 0 Å². The average molecular weight is 424 g/mol. The Morgan fingerprint density at radius 1 is 1.03 bits per heavy atom. The van der Waals surface area contributed by atoms with E-state index in [-0.39, 0.29) is 5.82 Å². The minimum absolute atomic E-state index is 0.191. The van der Waals surface area contributed by atoms with Gasteiger partial charge in [0.1, 0.15) is 0 Å². The molecule has 0 atom stereocenters. The van der Waals surface area contributed by atoms with Crippen LogP contribution >= 0.6 is 0 Å². The van der Waals surface area contributed by atoms with Crippen LogP contribution in [0.2, 0.25) is 0 Å². The van der Waals surface area contributed by atoms with Gasteiger partial charge in [0.2, 0.25) is 11.7 Å². The van der Waals surface area contributed by atoms with Crippen molar-refractivity contribution in [3.8, 4) is 11.4 Å². The third-order valence-corrected chi connectivity index (χ3v) is 5.94. The molecule has 2 aliphatic rings. The van der Waals surface area contributed by atoms with Crippen LogP contribution in [0, 0.1) is 5.92 Å². The van der Waals surface area contributed by atoms with E-state index in [1.54, 1.807) is 6.07 Å². The number of likely N-dealkylation sites (tertiary alicyclic amines) is 1. The van der Waals surface area contributed by atoms with Crippen molar-refractivity contribution in [3.05, 3.63) is 35.7 Å². The molecule has 4 rings (SSSR count). The van der Waals surface area contributed by atoms with Gasteiger partial charge >= 0.3 is 6.18 Å². The van der Waals surface area contributed by atoms with Gasteiger partial charge in [-0.25, -0.2) is 0 Å². The molecule has 0 amide bonds. The minimum Gasteiger partial charge on any atom is -0.379 e. The molecular formula is C21H27F3N4O2. The molecule has 1 aromatic carbocycles. The molecule has 0 spiro atoms. The smallest absolute Gasteiger partial charge is 0.379 e. The first-order chi connectivity index (χ1) is 14.5. The highest BCUT2D eigenvalue weighted by molar-refractivity contribution is 5.55. The number of benzene rings is 1. The molecule has 0 N–H and O–H groups in total. The van der Waals surface area contributed by atoms with Crippen molar-refractivity contribution in [2.45, 2.75) is 32.0 Å². The number of alkyl halides is 3. The van der Waals surface area contributed by atoms with Gasteiger partial charge in [0.15, 0.2) is 0 Å². The second-order valence-corrected chi connectivity index (χ2v) is 8.05. The molecule has 2 aliphatic heterocycles. The van der Waals surface area contributed by atoms with Crippen LogP contribution in [0.5, 0.6) is 0 Å².